The van der Waals surface area contributed by atoms with Crippen LogP contribution in [0.25, 0.3) is 0 Å². The number of anilines is 1. The molecule has 0 aliphatic heterocycles. The molecule has 5 heteroatoms. The fourth-order valence-corrected chi connectivity index (χ4v) is 1.97. The van der Waals surface area contributed by atoms with Gasteiger partial charge in [0.05, 0.1) is 12.2 Å². The Hall–Kier alpha value is -1.19. The minimum atomic E-state index is 0.505. The lowest BCUT2D eigenvalue weighted by molar-refractivity contribution is 0.478. The second-order valence-electron chi connectivity index (χ2n) is 3.76. The smallest absolute Gasteiger partial charge is 0.213 e. The van der Waals surface area contributed by atoms with E-state index in [0.717, 1.165) is 17.1 Å². The monoisotopic (exact) mass is 270 g/mol. The van der Waals surface area contributed by atoms with E-state index in [1.165, 1.54) is 0 Å². The molecule has 0 bridgehead atoms. The van der Waals surface area contributed by atoms with Gasteiger partial charge in [0.1, 0.15) is 5.76 Å². The summed E-state index contributed by atoms with van der Waals surface area (Å²) < 4.78 is 5.46. The van der Waals surface area contributed by atoms with E-state index >= 15 is 0 Å². The number of hydrogen-bond donors (Lipinski definition) is 1. The van der Waals surface area contributed by atoms with Crippen molar-refractivity contribution >= 4 is 28.9 Å². The third-order valence-corrected chi connectivity index (χ3v) is 2.82. The molecule has 0 saturated carbocycles. The van der Waals surface area contributed by atoms with Crippen LogP contribution in [0, 0.1) is 13.8 Å². The Morgan fingerprint density at radius 2 is 1.82 bits per heavy atom. The average Bonchev–Trinajstić information content (AvgIpc) is 2.54. The van der Waals surface area contributed by atoms with Gasteiger partial charge in [-0.3, -0.25) is 0 Å². The van der Waals surface area contributed by atoms with E-state index in [4.69, 9.17) is 27.6 Å². The molecule has 2 rings (SSSR count). The topological polar surface area (TPSA) is 38.1 Å². The van der Waals surface area contributed by atoms with Crippen molar-refractivity contribution in [3.63, 3.8) is 0 Å². The molecule has 0 radical (unpaired) electrons. The van der Waals surface area contributed by atoms with Crippen molar-refractivity contribution in [2.75, 3.05) is 5.32 Å². The van der Waals surface area contributed by atoms with Crippen LogP contribution in [0.4, 0.5) is 5.69 Å². The van der Waals surface area contributed by atoms with Gasteiger partial charge in [0.25, 0.3) is 0 Å². The number of rotatable bonds is 3. The molecular formula is C12H12Cl2N2O. The Balaban J connectivity index is 2.07. The fourth-order valence-electron chi connectivity index (χ4n) is 1.45. The van der Waals surface area contributed by atoms with Crippen molar-refractivity contribution in [2.45, 2.75) is 20.4 Å². The van der Waals surface area contributed by atoms with Crippen molar-refractivity contribution in [3.8, 4) is 0 Å². The van der Waals surface area contributed by atoms with E-state index in [1.54, 1.807) is 18.2 Å². The van der Waals surface area contributed by atoms with Gasteiger partial charge in [-0.1, -0.05) is 23.2 Å². The van der Waals surface area contributed by atoms with E-state index in [2.05, 4.69) is 10.3 Å². The van der Waals surface area contributed by atoms with Gasteiger partial charge in [0.2, 0.25) is 5.89 Å². The van der Waals surface area contributed by atoms with Crippen LogP contribution < -0.4 is 5.32 Å². The Kier molecular flexibility index (Phi) is 3.60. The lowest BCUT2D eigenvalue weighted by atomic mass is 10.3. The van der Waals surface area contributed by atoms with Gasteiger partial charge in [0.15, 0.2) is 0 Å². The number of halogens is 2. The van der Waals surface area contributed by atoms with Crippen molar-refractivity contribution in [1.82, 2.24) is 4.98 Å². The lowest BCUT2D eigenvalue weighted by Gasteiger charge is -2.04. The van der Waals surface area contributed by atoms with Crippen molar-refractivity contribution in [3.05, 3.63) is 45.6 Å². The number of nitrogens with one attached hydrogen (secondary N) is 1. The van der Waals surface area contributed by atoms with Gasteiger partial charge in [-0.2, -0.15) is 0 Å². The van der Waals surface area contributed by atoms with Crippen LogP contribution in [0.2, 0.25) is 10.0 Å². The maximum absolute atomic E-state index is 5.90. The standard InChI is InChI=1S/C12H12Cl2N2O/c1-7-8(2)17-12(16-7)6-15-11-4-9(13)3-10(14)5-11/h3-5,15H,6H2,1-2H3. The van der Waals surface area contributed by atoms with Crippen molar-refractivity contribution < 1.29 is 4.42 Å². The number of oxazole rings is 1. The van der Waals surface area contributed by atoms with Gasteiger partial charge in [-0.25, -0.2) is 4.98 Å². The Morgan fingerprint density at radius 1 is 1.18 bits per heavy atom. The predicted molar refractivity (Wildman–Crippen MR) is 69.8 cm³/mol. The number of hydrogen-bond acceptors (Lipinski definition) is 3. The van der Waals surface area contributed by atoms with Gasteiger partial charge in [-0.15, -0.1) is 0 Å². The highest BCUT2D eigenvalue weighted by molar-refractivity contribution is 6.35. The number of aryl methyl sites for hydroxylation is 2. The maximum atomic E-state index is 5.90. The summed E-state index contributed by atoms with van der Waals surface area (Å²) in [5.74, 6) is 1.49. The first-order valence-corrected chi connectivity index (χ1v) is 5.93. The Morgan fingerprint density at radius 3 is 2.35 bits per heavy atom. The molecule has 1 aromatic carbocycles. The summed E-state index contributed by atoms with van der Waals surface area (Å²) in [6.07, 6.45) is 0. The minimum Gasteiger partial charge on any atom is -0.444 e. The summed E-state index contributed by atoms with van der Waals surface area (Å²) in [6, 6.07) is 5.29. The summed E-state index contributed by atoms with van der Waals surface area (Å²) in [5.41, 5.74) is 1.75. The zero-order valence-electron chi connectivity index (χ0n) is 9.55. The van der Waals surface area contributed by atoms with Gasteiger partial charge in [-0.05, 0) is 32.0 Å². The van der Waals surface area contributed by atoms with Crippen LogP contribution in [0.5, 0.6) is 0 Å². The van der Waals surface area contributed by atoms with Crippen molar-refractivity contribution in [2.24, 2.45) is 0 Å². The first-order valence-electron chi connectivity index (χ1n) is 5.17. The van der Waals surface area contributed by atoms with Gasteiger partial charge in [0, 0.05) is 15.7 Å². The molecule has 3 nitrogen and oxygen atoms in total. The average molecular weight is 271 g/mol. The summed E-state index contributed by atoms with van der Waals surface area (Å²) in [4.78, 5) is 4.28. The van der Waals surface area contributed by atoms with Crippen LogP contribution in [0.15, 0.2) is 22.6 Å². The first-order chi connectivity index (χ1) is 8.04. The molecule has 0 fully saturated rings. The largest absolute Gasteiger partial charge is 0.444 e. The lowest BCUT2D eigenvalue weighted by Crippen LogP contribution is -1.99. The summed E-state index contributed by atoms with van der Waals surface area (Å²) in [5, 5.41) is 4.35. The first kappa shape index (κ1) is 12.3. The summed E-state index contributed by atoms with van der Waals surface area (Å²) in [7, 11) is 0. The molecule has 0 atom stereocenters. The second-order valence-corrected chi connectivity index (χ2v) is 4.63. The van der Waals surface area contributed by atoms with Crippen molar-refractivity contribution in [1.29, 1.82) is 0 Å². The van der Waals surface area contributed by atoms with Gasteiger partial charge >= 0.3 is 0 Å². The van der Waals surface area contributed by atoms with Crippen LogP contribution in [0.3, 0.4) is 0 Å². The molecule has 2 aromatic rings. The molecule has 1 N–H and O–H groups in total. The minimum absolute atomic E-state index is 0.505. The maximum Gasteiger partial charge on any atom is 0.213 e. The highest BCUT2D eigenvalue weighted by Gasteiger charge is 2.05. The number of benzene rings is 1. The molecule has 0 saturated heterocycles. The number of nitrogens with zero attached hydrogens (tertiary/aromatic N) is 1. The molecule has 1 heterocycles. The van der Waals surface area contributed by atoms with Gasteiger partial charge < -0.3 is 9.73 Å². The zero-order valence-corrected chi connectivity index (χ0v) is 11.1. The molecule has 0 spiro atoms. The molecule has 17 heavy (non-hydrogen) atoms. The third kappa shape index (κ3) is 3.14. The molecular weight excluding hydrogens is 259 g/mol. The van der Waals surface area contributed by atoms with Crippen LogP contribution in [-0.4, -0.2) is 4.98 Å². The molecule has 90 valence electrons. The predicted octanol–water partition coefficient (Wildman–Crippen LogP) is 4.21. The quantitative estimate of drug-likeness (QED) is 0.908. The van der Waals surface area contributed by atoms with Crippen LogP contribution in [0.1, 0.15) is 17.3 Å². The second kappa shape index (κ2) is 4.98. The molecule has 0 amide bonds. The molecule has 0 aliphatic carbocycles. The zero-order chi connectivity index (χ0) is 12.4. The van der Waals surface area contributed by atoms with Crippen LogP contribution >= 0.6 is 23.2 Å². The SMILES string of the molecule is Cc1nc(CNc2cc(Cl)cc(Cl)c2)oc1C. The highest BCUT2D eigenvalue weighted by Crippen LogP contribution is 2.23. The highest BCUT2D eigenvalue weighted by atomic mass is 35.5. The Labute approximate surface area is 110 Å². The number of aromatic nitrogens is 1. The fraction of sp³-hybridized carbons (Fsp3) is 0.250. The van der Waals surface area contributed by atoms with Crippen LogP contribution in [-0.2, 0) is 6.54 Å². The third-order valence-electron chi connectivity index (χ3n) is 2.38. The molecule has 0 unspecified atom stereocenters. The normalized spacial score (nSPS) is 10.6. The molecule has 0 aliphatic rings. The van der Waals surface area contributed by atoms with E-state index < -0.39 is 0 Å². The summed E-state index contributed by atoms with van der Waals surface area (Å²) in [6.45, 7) is 4.31. The van der Waals surface area contributed by atoms with E-state index in [-0.39, 0.29) is 0 Å². The summed E-state index contributed by atoms with van der Waals surface area (Å²) >= 11 is 11.8. The van der Waals surface area contributed by atoms with E-state index in [9.17, 15) is 0 Å². The Bertz CT molecular complexity index is 498. The van der Waals surface area contributed by atoms with E-state index in [1.807, 2.05) is 13.8 Å². The molecule has 1 aromatic heterocycles. The van der Waals surface area contributed by atoms with E-state index in [0.29, 0.717) is 22.5 Å².